The number of hydrogen-bond acceptors (Lipinski definition) is 7. The minimum absolute atomic E-state index is 0.00291. The topological polar surface area (TPSA) is 115 Å². The molecule has 0 amide bonds. The van der Waals surface area contributed by atoms with Crippen molar-refractivity contribution in [3.05, 3.63) is 93.7 Å². The molecule has 0 saturated carbocycles. The summed E-state index contributed by atoms with van der Waals surface area (Å²) < 4.78 is 11.6. The van der Waals surface area contributed by atoms with E-state index in [1.165, 1.54) is 24.4 Å². The fourth-order valence-electron chi connectivity index (χ4n) is 3.63. The van der Waals surface area contributed by atoms with E-state index in [9.17, 15) is 15.2 Å². The highest BCUT2D eigenvalue weighted by Gasteiger charge is 2.14. The molecule has 2 heterocycles. The number of nitrogens with zero attached hydrogens (tertiary/aromatic N) is 3. The van der Waals surface area contributed by atoms with E-state index in [2.05, 4.69) is 9.98 Å². The second-order valence-corrected chi connectivity index (χ2v) is 7.91. The summed E-state index contributed by atoms with van der Waals surface area (Å²) in [6.45, 7) is 3.84. The van der Waals surface area contributed by atoms with Gasteiger partial charge in [0.05, 0.1) is 22.4 Å². The third-order valence-corrected chi connectivity index (χ3v) is 5.42. The third-order valence-electron chi connectivity index (χ3n) is 5.42. The summed E-state index contributed by atoms with van der Waals surface area (Å²) in [5, 5.41) is 21.6. The number of rotatable bonds is 5. The van der Waals surface area contributed by atoms with Gasteiger partial charge in [0.2, 0.25) is 5.89 Å². The molecule has 34 heavy (non-hydrogen) atoms. The highest BCUT2D eigenvalue weighted by Crippen LogP contribution is 2.34. The van der Waals surface area contributed by atoms with E-state index in [0.717, 1.165) is 16.6 Å². The predicted molar refractivity (Wildman–Crippen MR) is 129 cm³/mol. The van der Waals surface area contributed by atoms with Crippen molar-refractivity contribution in [3.8, 4) is 28.5 Å². The van der Waals surface area contributed by atoms with E-state index < -0.39 is 4.92 Å². The van der Waals surface area contributed by atoms with Crippen molar-refractivity contribution < 1.29 is 18.9 Å². The largest absolute Gasteiger partial charge is 0.507 e. The Labute approximate surface area is 194 Å². The van der Waals surface area contributed by atoms with Crippen LogP contribution in [0.1, 0.15) is 16.9 Å². The number of aromatic nitrogens is 1. The molecule has 3 aromatic carbocycles. The molecule has 168 valence electrons. The van der Waals surface area contributed by atoms with Crippen LogP contribution < -0.4 is 0 Å². The molecule has 0 bridgehead atoms. The van der Waals surface area contributed by atoms with Crippen LogP contribution in [-0.2, 0) is 0 Å². The number of aromatic hydroxyl groups is 1. The summed E-state index contributed by atoms with van der Waals surface area (Å²) in [7, 11) is 0. The fraction of sp³-hybridized carbons (Fsp3) is 0.0769. The first-order valence-electron chi connectivity index (χ1n) is 10.5. The molecule has 1 N–H and O–H groups in total. The normalized spacial score (nSPS) is 11.5. The third kappa shape index (κ3) is 4.04. The molecule has 8 heteroatoms. The summed E-state index contributed by atoms with van der Waals surface area (Å²) in [4.78, 5) is 19.5. The van der Waals surface area contributed by atoms with Crippen molar-refractivity contribution in [1.29, 1.82) is 0 Å². The van der Waals surface area contributed by atoms with E-state index in [0.29, 0.717) is 39.8 Å². The van der Waals surface area contributed by atoms with Crippen LogP contribution in [0.3, 0.4) is 0 Å². The standard InChI is InChI=1S/C26H19N3O5/c1-15-3-9-25-22(11-15)28-26(34-25)20-8-5-17(12-23(20)30)27-14-19-7-10-24(33-19)21-13-18(29(31)32)6-4-16(21)2/h3-14,30H,1-2H3. The second kappa shape index (κ2) is 8.32. The number of aryl methyl sites for hydroxylation is 2. The van der Waals surface area contributed by atoms with Crippen LogP contribution in [0.5, 0.6) is 5.75 Å². The number of phenols is 1. The molecule has 5 aromatic rings. The van der Waals surface area contributed by atoms with Gasteiger partial charge in [-0.3, -0.25) is 15.1 Å². The van der Waals surface area contributed by atoms with Gasteiger partial charge in [0.1, 0.15) is 22.8 Å². The number of hydrogen-bond donors (Lipinski definition) is 1. The maximum Gasteiger partial charge on any atom is 0.270 e. The average molecular weight is 453 g/mol. The monoisotopic (exact) mass is 453 g/mol. The molecule has 0 radical (unpaired) electrons. The van der Waals surface area contributed by atoms with Gasteiger partial charge in [-0.05, 0) is 61.4 Å². The molecule has 0 aliphatic heterocycles. The number of fused-ring (bicyclic) bond motifs is 1. The SMILES string of the molecule is Cc1ccc2oc(-c3ccc(N=Cc4ccc(-c5cc([N+](=O)[O-])ccc5C)o4)cc3O)nc2c1. The van der Waals surface area contributed by atoms with Crippen LogP contribution in [0.25, 0.3) is 33.9 Å². The average Bonchev–Trinajstić information content (AvgIpc) is 3.44. The van der Waals surface area contributed by atoms with Gasteiger partial charge in [0.15, 0.2) is 5.58 Å². The fourth-order valence-corrected chi connectivity index (χ4v) is 3.63. The molecule has 0 spiro atoms. The van der Waals surface area contributed by atoms with Crippen LogP contribution >= 0.6 is 0 Å². The van der Waals surface area contributed by atoms with Gasteiger partial charge in [0, 0.05) is 23.8 Å². The maximum atomic E-state index is 11.1. The number of nitro groups is 1. The van der Waals surface area contributed by atoms with Crippen LogP contribution in [0, 0.1) is 24.0 Å². The van der Waals surface area contributed by atoms with Crippen LogP contribution in [0.15, 0.2) is 80.6 Å². The molecule has 0 atom stereocenters. The van der Waals surface area contributed by atoms with Gasteiger partial charge in [-0.1, -0.05) is 12.1 Å². The zero-order chi connectivity index (χ0) is 23.8. The second-order valence-electron chi connectivity index (χ2n) is 7.91. The molecule has 8 nitrogen and oxygen atoms in total. The lowest BCUT2D eigenvalue weighted by Gasteiger charge is -2.02. The molecule has 0 unspecified atom stereocenters. The molecule has 2 aromatic heterocycles. The van der Waals surface area contributed by atoms with Crippen molar-refractivity contribution in [2.45, 2.75) is 13.8 Å². The summed E-state index contributed by atoms with van der Waals surface area (Å²) in [5.74, 6) is 1.30. The molecule has 5 rings (SSSR count). The predicted octanol–water partition coefficient (Wildman–Crippen LogP) is 6.74. The number of nitro benzene ring substituents is 1. The van der Waals surface area contributed by atoms with Gasteiger partial charge in [-0.2, -0.15) is 0 Å². The van der Waals surface area contributed by atoms with Gasteiger partial charge < -0.3 is 13.9 Å². The molecule has 0 fully saturated rings. The summed E-state index contributed by atoms with van der Waals surface area (Å²) in [6.07, 6.45) is 1.52. The Hall–Kier alpha value is -4.72. The van der Waals surface area contributed by atoms with Crippen LogP contribution in [-0.4, -0.2) is 21.2 Å². The highest BCUT2D eigenvalue weighted by atomic mass is 16.6. The Balaban J connectivity index is 1.38. The van der Waals surface area contributed by atoms with Crippen molar-refractivity contribution in [2.24, 2.45) is 4.99 Å². The minimum Gasteiger partial charge on any atom is -0.507 e. The highest BCUT2D eigenvalue weighted by molar-refractivity contribution is 5.82. The van der Waals surface area contributed by atoms with E-state index in [1.54, 1.807) is 30.3 Å². The Morgan fingerprint density at radius 3 is 2.62 bits per heavy atom. The first-order valence-corrected chi connectivity index (χ1v) is 10.5. The van der Waals surface area contributed by atoms with Crippen molar-refractivity contribution in [3.63, 3.8) is 0 Å². The zero-order valence-electron chi connectivity index (χ0n) is 18.4. The van der Waals surface area contributed by atoms with E-state index in [-0.39, 0.29) is 11.4 Å². The Morgan fingerprint density at radius 2 is 1.82 bits per heavy atom. The zero-order valence-corrected chi connectivity index (χ0v) is 18.4. The molecular weight excluding hydrogens is 434 g/mol. The van der Waals surface area contributed by atoms with Crippen LogP contribution in [0.2, 0.25) is 0 Å². The first kappa shape index (κ1) is 21.1. The number of non-ortho nitro benzene ring substituents is 1. The number of benzene rings is 3. The van der Waals surface area contributed by atoms with Crippen molar-refractivity contribution >= 4 is 28.7 Å². The van der Waals surface area contributed by atoms with E-state index >= 15 is 0 Å². The van der Waals surface area contributed by atoms with Gasteiger partial charge in [-0.25, -0.2) is 4.98 Å². The Bertz CT molecular complexity index is 1580. The van der Waals surface area contributed by atoms with Crippen LogP contribution in [0.4, 0.5) is 11.4 Å². The number of phenolic OH excluding ortho intramolecular Hbond substituents is 1. The summed E-state index contributed by atoms with van der Waals surface area (Å²) in [6, 6.07) is 18.8. The van der Waals surface area contributed by atoms with Gasteiger partial charge in [-0.15, -0.1) is 0 Å². The Morgan fingerprint density at radius 1 is 0.971 bits per heavy atom. The molecule has 0 saturated heterocycles. The number of furan rings is 1. The molecule has 0 aliphatic rings. The first-order chi connectivity index (χ1) is 16.4. The molecular formula is C26H19N3O5. The summed E-state index contributed by atoms with van der Waals surface area (Å²) >= 11 is 0. The molecule has 0 aliphatic carbocycles. The quantitative estimate of drug-likeness (QED) is 0.179. The van der Waals surface area contributed by atoms with Gasteiger partial charge in [0.25, 0.3) is 5.69 Å². The lowest BCUT2D eigenvalue weighted by Crippen LogP contribution is -1.90. The number of aliphatic imine (C=N–C) groups is 1. The van der Waals surface area contributed by atoms with Crippen molar-refractivity contribution in [2.75, 3.05) is 0 Å². The van der Waals surface area contributed by atoms with E-state index in [4.69, 9.17) is 8.83 Å². The summed E-state index contributed by atoms with van der Waals surface area (Å²) in [5.41, 5.74) is 4.92. The van der Waals surface area contributed by atoms with Gasteiger partial charge >= 0.3 is 0 Å². The lowest BCUT2D eigenvalue weighted by molar-refractivity contribution is -0.384. The van der Waals surface area contributed by atoms with E-state index in [1.807, 2.05) is 32.0 Å². The number of oxazole rings is 1. The minimum atomic E-state index is -0.438. The smallest absolute Gasteiger partial charge is 0.270 e. The van der Waals surface area contributed by atoms with Crippen molar-refractivity contribution in [1.82, 2.24) is 4.98 Å². The lowest BCUT2D eigenvalue weighted by atomic mass is 10.1. The maximum absolute atomic E-state index is 11.1. The Kier molecular flexibility index (Phi) is 5.18.